The lowest BCUT2D eigenvalue weighted by atomic mass is 9.90. The minimum absolute atomic E-state index is 0.448. The van der Waals surface area contributed by atoms with Gasteiger partial charge < -0.3 is 5.11 Å². The number of aliphatic carboxylic acids is 1. The Bertz CT molecular complexity index is 432. The third-order valence-electron chi connectivity index (χ3n) is 4.32. The second-order valence-corrected chi connectivity index (χ2v) is 5.84. The molecule has 0 saturated carbocycles. The van der Waals surface area contributed by atoms with Gasteiger partial charge in [-0.3, -0.25) is 9.69 Å². The van der Waals surface area contributed by atoms with Gasteiger partial charge in [0.05, 0.1) is 5.41 Å². The Morgan fingerprint density at radius 1 is 1.42 bits per heavy atom. The topological polar surface area (TPSA) is 40.5 Å². The van der Waals surface area contributed by atoms with Crippen LogP contribution in [0, 0.1) is 5.41 Å². The minimum Gasteiger partial charge on any atom is -0.481 e. The van der Waals surface area contributed by atoms with Crippen LogP contribution in [0.3, 0.4) is 0 Å². The molecule has 3 heteroatoms. The number of carboxylic acid groups (broad SMARTS) is 1. The van der Waals surface area contributed by atoms with Gasteiger partial charge in [-0.25, -0.2) is 0 Å². The predicted molar refractivity (Wildman–Crippen MR) is 76.2 cm³/mol. The summed E-state index contributed by atoms with van der Waals surface area (Å²) in [5.41, 5.74) is 0.766. The maximum Gasteiger partial charge on any atom is 0.310 e. The number of hydrogen-bond donors (Lipinski definition) is 1. The van der Waals surface area contributed by atoms with Crippen molar-refractivity contribution in [3.05, 3.63) is 35.9 Å². The first-order chi connectivity index (χ1) is 9.05. The second kappa shape index (κ2) is 5.74. The van der Waals surface area contributed by atoms with Crippen LogP contribution >= 0.6 is 0 Å². The van der Waals surface area contributed by atoms with E-state index in [-0.39, 0.29) is 0 Å². The predicted octanol–water partition coefficient (Wildman–Crippen LogP) is 2.80. The van der Waals surface area contributed by atoms with E-state index in [2.05, 4.69) is 36.1 Å². The molecule has 104 valence electrons. The van der Waals surface area contributed by atoms with Crippen LogP contribution in [-0.4, -0.2) is 35.1 Å². The normalized spacial score (nSPS) is 25.4. The fraction of sp³-hybridized carbons (Fsp3) is 0.562. The van der Waals surface area contributed by atoms with Crippen molar-refractivity contribution in [2.75, 3.05) is 13.1 Å². The molecule has 3 nitrogen and oxygen atoms in total. The second-order valence-electron chi connectivity index (χ2n) is 5.84. The first-order valence-corrected chi connectivity index (χ1v) is 7.06. The average Bonchev–Trinajstić information content (AvgIpc) is 2.81. The minimum atomic E-state index is -0.662. The molecule has 0 aromatic heterocycles. The Hall–Kier alpha value is -1.35. The number of likely N-dealkylation sites (tertiary alicyclic amines) is 1. The summed E-state index contributed by atoms with van der Waals surface area (Å²) in [6.07, 6.45) is 2.82. The molecule has 1 heterocycles. The summed E-state index contributed by atoms with van der Waals surface area (Å²) in [4.78, 5) is 13.7. The van der Waals surface area contributed by atoms with Gasteiger partial charge in [-0.05, 0) is 38.3 Å². The van der Waals surface area contributed by atoms with E-state index in [0.717, 1.165) is 25.8 Å². The van der Waals surface area contributed by atoms with E-state index in [1.165, 1.54) is 5.56 Å². The monoisotopic (exact) mass is 261 g/mol. The molecule has 1 aliphatic heterocycles. The van der Waals surface area contributed by atoms with E-state index in [4.69, 9.17) is 0 Å². The first kappa shape index (κ1) is 14.1. The van der Waals surface area contributed by atoms with E-state index in [0.29, 0.717) is 12.6 Å². The highest BCUT2D eigenvalue weighted by Gasteiger charge is 2.42. The van der Waals surface area contributed by atoms with Crippen molar-refractivity contribution in [1.29, 1.82) is 0 Å². The summed E-state index contributed by atoms with van der Waals surface area (Å²) in [7, 11) is 0. The fourth-order valence-corrected chi connectivity index (χ4v) is 2.90. The largest absolute Gasteiger partial charge is 0.481 e. The lowest BCUT2D eigenvalue weighted by Crippen LogP contribution is -2.38. The van der Waals surface area contributed by atoms with Gasteiger partial charge in [0.15, 0.2) is 0 Å². The molecular weight excluding hydrogens is 238 g/mol. The molecule has 2 atom stereocenters. The zero-order chi connectivity index (χ0) is 13.9. The van der Waals surface area contributed by atoms with Crippen LogP contribution in [0.2, 0.25) is 0 Å². The van der Waals surface area contributed by atoms with E-state index < -0.39 is 11.4 Å². The van der Waals surface area contributed by atoms with Crippen molar-refractivity contribution >= 4 is 5.97 Å². The van der Waals surface area contributed by atoms with Crippen molar-refractivity contribution in [3.8, 4) is 0 Å². The van der Waals surface area contributed by atoms with Crippen LogP contribution in [-0.2, 0) is 11.2 Å². The van der Waals surface area contributed by atoms with Crippen LogP contribution in [0.25, 0.3) is 0 Å². The summed E-state index contributed by atoms with van der Waals surface area (Å²) in [5.74, 6) is -0.662. The first-order valence-electron chi connectivity index (χ1n) is 7.06. The number of nitrogens with zero attached hydrogens (tertiary/aromatic N) is 1. The van der Waals surface area contributed by atoms with Crippen molar-refractivity contribution in [1.82, 2.24) is 4.90 Å². The maximum atomic E-state index is 11.3. The zero-order valence-electron chi connectivity index (χ0n) is 11.8. The number of carboxylic acids is 1. The highest BCUT2D eigenvalue weighted by atomic mass is 16.4. The van der Waals surface area contributed by atoms with Gasteiger partial charge in [0.1, 0.15) is 0 Å². The molecule has 0 aliphatic carbocycles. The molecule has 1 N–H and O–H groups in total. The molecule has 2 rings (SSSR count). The average molecular weight is 261 g/mol. The molecule has 1 fully saturated rings. The van der Waals surface area contributed by atoms with E-state index in [1.807, 2.05) is 13.0 Å². The van der Waals surface area contributed by atoms with Crippen LogP contribution < -0.4 is 0 Å². The Balaban J connectivity index is 2.02. The molecule has 0 bridgehead atoms. The Morgan fingerprint density at radius 3 is 2.63 bits per heavy atom. The standard InChI is InChI=1S/C16H23NO2/c1-3-14(11-13-7-5-4-6-8-13)17-10-9-16(2,12-17)15(18)19/h4-8,14H,3,9-12H2,1-2H3,(H,18,19). The van der Waals surface area contributed by atoms with Gasteiger partial charge in [0, 0.05) is 12.6 Å². The summed E-state index contributed by atoms with van der Waals surface area (Å²) in [6, 6.07) is 10.9. The summed E-state index contributed by atoms with van der Waals surface area (Å²) < 4.78 is 0. The molecule has 1 aliphatic rings. The molecule has 0 amide bonds. The SMILES string of the molecule is CCC(Cc1ccccc1)N1CCC(C)(C(=O)O)C1. The van der Waals surface area contributed by atoms with Crippen LogP contribution in [0.4, 0.5) is 0 Å². The van der Waals surface area contributed by atoms with Gasteiger partial charge in [-0.15, -0.1) is 0 Å². The maximum absolute atomic E-state index is 11.3. The molecule has 1 aromatic carbocycles. The van der Waals surface area contributed by atoms with Crippen LogP contribution in [0.1, 0.15) is 32.3 Å². The van der Waals surface area contributed by atoms with Gasteiger partial charge in [0.25, 0.3) is 0 Å². The zero-order valence-corrected chi connectivity index (χ0v) is 11.8. The van der Waals surface area contributed by atoms with Crippen molar-refractivity contribution in [3.63, 3.8) is 0 Å². The third-order valence-corrected chi connectivity index (χ3v) is 4.32. The lowest BCUT2D eigenvalue weighted by molar-refractivity contribution is -0.147. The number of rotatable bonds is 5. The number of hydrogen-bond acceptors (Lipinski definition) is 2. The quantitative estimate of drug-likeness (QED) is 0.886. The molecule has 1 saturated heterocycles. The highest BCUT2D eigenvalue weighted by molar-refractivity contribution is 5.74. The molecule has 0 spiro atoms. The molecule has 2 unspecified atom stereocenters. The lowest BCUT2D eigenvalue weighted by Gasteiger charge is -2.28. The van der Waals surface area contributed by atoms with Gasteiger partial charge in [0.2, 0.25) is 0 Å². The van der Waals surface area contributed by atoms with E-state index in [9.17, 15) is 9.90 Å². The smallest absolute Gasteiger partial charge is 0.310 e. The Morgan fingerprint density at radius 2 is 2.11 bits per heavy atom. The van der Waals surface area contributed by atoms with Crippen LogP contribution in [0.5, 0.6) is 0 Å². The molecular formula is C16H23NO2. The van der Waals surface area contributed by atoms with Crippen LogP contribution in [0.15, 0.2) is 30.3 Å². The Labute approximate surface area is 115 Å². The van der Waals surface area contributed by atoms with Gasteiger partial charge in [-0.1, -0.05) is 37.3 Å². The van der Waals surface area contributed by atoms with Crippen molar-refractivity contribution in [2.24, 2.45) is 5.41 Å². The van der Waals surface area contributed by atoms with E-state index >= 15 is 0 Å². The highest BCUT2D eigenvalue weighted by Crippen LogP contribution is 2.32. The molecule has 1 aromatic rings. The Kier molecular flexibility index (Phi) is 4.25. The fourth-order valence-electron chi connectivity index (χ4n) is 2.90. The number of benzene rings is 1. The molecule has 19 heavy (non-hydrogen) atoms. The summed E-state index contributed by atoms with van der Waals surface area (Å²) in [5, 5.41) is 9.31. The van der Waals surface area contributed by atoms with Crippen molar-refractivity contribution in [2.45, 2.75) is 39.2 Å². The summed E-state index contributed by atoms with van der Waals surface area (Å²) in [6.45, 7) is 5.62. The molecule has 0 radical (unpaired) electrons. The van der Waals surface area contributed by atoms with Gasteiger partial charge in [-0.2, -0.15) is 0 Å². The summed E-state index contributed by atoms with van der Waals surface area (Å²) >= 11 is 0. The van der Waals surface area contributed by atoms with E-state index in [1.54, 1.807) is 0 Å². The van der Waals surface area contributed by atoms with Gasteiger partial charge >= 0.3 is 5.97 Å². The number of carbonyl (C=O) groups is 1. The van der Waals surface area contributed by atoms with Crippen molar-refractivity contribution < 1.29 is 9.90 Å². The third kappa shape index (κ3) is 3.16.